The summed E-state index contributed by atoms with van der Waals surface area (Å²) in [7, 11) is 3.03. The number of methoxy groups -OCH3 is 2. The van der Waals surface area contributed by atoms with Crippen molar-refractivity contribution < 1.29 is 23.8 Å². The van der Waals surface area contributed by atoms with E-state index in [1.165, 1.54) is 14.2 Å². The molecule has 0 unspecified atom stereocenters. The van der Waals surface area contributed by atoms with Gasteiger partial charge in [-0.25, -0.2) is 4.79 Å². The van der Waals surface area contributed by atoms with Gasteiger partial charge >= 0.3 is 5.97 Å². The molecule has 1 amide bonds. The van der Waals surface area contributed by atoms with Crippen LogP contribution in [0.3, 0.4) is 0 Å². The summed E-state index contributed by atoms with van der Waals surface area (Å²) in [5.74, 6) is 0.0275. The third-order valence-corrected chi connectivity index (χ3v) is 4.00. The molecular weight excluding hydrogens is 346 g/mol. The molecular formula is C21H25NO5. The van der Waals surface area contributed by atoms with E-state index in [0.29, 0.717) is 22.7 Å². The fraction of sp³-hybridized carbons (Fsp3) is 0.333. The van der Waals surface area contributed by atoms with Gasteiger partial charge in [-0.3, -0.25) is 4.79 Å². The van der Waals surface area contributed by atoms with Crippen LogP contribution in [-0.2, 0) is 14.9 Å². The molecule has 2 aromatic carbocycles. The maximum absolute atomic E-state index is 12.1. The third kappa shape index (κ3) is 5.48. The number of ether oxygens (including phenoxy) is 3. The lowest BCUT2D eigenvalue weighted by atomic mass is 9.87. The zero-order chi connectivity index (χ0) is 20.0. The standard InChI is InChI=1S/C21H25NO5/c1-21(2,3)15-8-6-14(7-9-15)20(24)27-13-19(23)22-17-12-16(25-4)10-11-18(17)26-5/h6-12H,13H2,1-5H3,(H,22,23). The largest absolute Gasteiger partial charge is 0.497 e. The highest BCUT2D eigenvalue weighted by Crippen LogP contribution is 2.28. The Hall–Kier alpha value is -3.02. The van der Waals surface area contributed by atoms with Gasteiger partial charge in [0.15, 0.2) is 6.61 Å². The number of rotatable bonds is 6. The molecule has 0 saturated heterocycles. The predicted molar refractivity (Wildman–Crippen MR) is 104 cm³/mol. The monoisotopic (exact) mass is 371 g/mol. The van der Waals surface area contributed by atoms with Crippen molar-refractivity contribution >= 4 is 17.6 Å². The van der Waals surface area contributed by atoms with E-state index in [0.717, 1.165) is 5.56 Å². The van der Waals surface area contributed by atoms with Gasteiger partial charge in [-0.2, -0.15) is 0 Å². The highest BCUT2D eigenvalue weighted by atomic mass is 16.5. The van der Waals surface area contributed by atoms with Crippen LogP contribution in [-0.4, -0.2) is 32.7 Å². The number of nitrogens with one attached hydrogen (secondary N) is 1. The molecule has 2 aromatic rings. The summed E-state index contributed by atoms with van der Waals surface area (Å²) in [6.45, 7) is 5.88. The number of amides is 1. The van der Waals surface area contributed by atoms with E-state index in [9.17, 15) is 9.59 Å². The molecule has 0 aromatic heterocycles. The van der Waals surface area contributed by atoms with Crippen molar-refractivity contribution in [1.29, 1.82) is 0 Å². The zero-order valence-corrected chi connectivity index (χ0v) is 16.3. The number of hydrogen-bond donors (Lipinski definition) is 1. The molecule has 0 bridgehead atoms. The molecule has 0 aliphatic rings. The Kier molecular flexibility index (Phi) is 6.45. The summed E-state index contributed by atoms with van der Waals surface area (Å²) in [6.07, 6.45) is 0. The van der Waals surface area contributed by atoms with Crippen LogP contribution in [0.25, 0.3) is 0 Å². The maximum Gasteiger partial charge on any atom is 0.338 e. The van der Waals surface area contributed by atoms with Crippen LogP contribution < -0.4 is 14.8 Å². The van der Waals surface area contributed by atoms with E-state index in [1.807, 2.05) is 12.1 Å². The third-order valence-electron chi connectivity index (χ3n) is 4.00. The van der Waals surface area contributed by atoms with Gasteiger partial charge < -0.3 is 19.5 Å². The number of carbonyl (C=O) groups is 2. The Morgan fingerprint density at radius 1 is 0.963 bits per heavy atom. The van der Waals surface area contributed by atoms with Crippen LogP contribution in [0.2, 0.25) is 0 Å². The van der Waals surface area contributed by atoms with Crippen LogP contribution in [0.15, 0.2) is 42.5 Å². The Morgan fingerprint density at radius 3 is 2.19 bits per heavy atom. The summed E-state index contributed by atoms with van der Waals surface area (Å²) in [5, 5.41) is 2.65. The normalized spacial score (nSPS) is 10.9. The van der Waals surface area contributed by atoms with Gasteiger partial charge in [0.25, 0.3) is 5.91 Å². The van der Waals surface area contributed by atoms with Crippen LogP contribution >= 0.6 is 0 Å². The minimum absolute atomic E-state index is 0.00187. The summed E-state index contributed by atoms with van der Waals surface area (Å²) in [5.41, 5.74) is 1.95. The molecule has 6 nitrogen and oxygen atoms in total. The summed E-state index contributed by atoms with van der Waals surface area (Å²) in [4.78, 5) is 24.3. The molecule has 2 rings (SSSR count). The van der Waals surface area contributed by atoms with E-state index in [2.05, 4.69) is 26.1 Å². The SMILES string of the molecule is COc1ccc(OC)c(NC(=O)COC(=O)c2ccc(C(C)(C)C)cc2)c1. The van der Waals surface area contributed by atoms with Crippen molar-refractivity contribution in [2.45, 2.75) is 26.2 Å². The van der Waals surface area contributed by atoms with E-state index >= 15 is 0 Å². The molecule has 0 saturated carbocycles. The van der Waals surface area contributed by atoms with Gasteiger partial charge in [-0.15, -0.1) is 0 Å². The molecule has 6 heteroatoms. The Labute approximate surface area is 159 Å². The number of esters is 1. The van der Waals surface area contributed by atoms with Gasteiger partial charge in [0.2, 0.25) is 0 Å². The van der Waals surface area contributed by atoms with E-state index in [-0.39, 0.29) is 5.41 Å². The second-order valence-corrected chi connectivity index (χ2v) is 7.02. The molecule has 27 heavy (non-hydrogen) atoms. The highest BCUT2D eigenvalue weighted by molar-refractivity contribution is 5.96. The fourth-order valence-corrected chi connectivity index (χ4v) is 2.42. The predicted octanol–water partition coefficient (Wildman–Crippen LogP) is 3.80. The van der Waals surface area contributed by atoms with E-state index < -0.39 is 18.5 Å². The second-order valence-electron chi connectivity index (χ2n) is 7.02. The minimum Gasteiger partial charge on any atom is -0.497 e. The van der Waals surface area contributed by atoms with Crippen LogP contribution in [0, 0.1) is 0 Å². The quantitative estimate of drug-likeness (QED) is 0.782. The Morgan fingerprint density at radius 2 is 1.63 bits per heavy atom. The topological polar surface area (TPSA) is 73.9 Å². The molecule has 0 aliphatic carbocycles. The van der Waals surface area contributed by atoms with E-state index in [4.69, 9.17) is 14.2 Å². The summed E-state index contributed by atoms with van der Waals surface area (Å²) >= 11 is 0. The summed E-state index contributed by atoms with van der Waals surface area (Å²) < 4.78 is 15.4. The molecule has 0 radical (unpaired) electrons. The number of benzene rings is 2. The molecule has 0 aliphatic heterocycles. The first-order valence-corrected chi connectivity index (χ1v) is 8.54. The number of hydrogen-bond acceptors (Lipinski definition) is 5. The number of anilines is 1. The molecule has 0 spiro atoms. The van der Waals surface area contributed by atoms with E-state index in [1.54, 1.807) is 30.3 Å². The lowest BCUT2D eigenvalue weighted by Gasteiger charge is -2.18. The zero-order valence-electron chi connectivity index (χ0n) is 16.3. The van der Waals surface area contributed by atoms with Crippen molar-refractivity contribution in [2.24, 2.45) is 0 Å². The minimum atomic E-state index is -0.553. The highest BCUT2D eigenvalue weighted by Gasteiger charge is 2.16. The van der Waals surface area contributed by atoms with Gasteiger partial charge in [0.05, 0.1) is 25.5 Å². The molecule has 0 atom stereocenters. The lowest BCUT2D eigenvalue weighted by Crippen LogP contribution is -2.21. The van der Waals surface area contributed by atoms with Gasteiger partial charge in [0.1, 0.15) is 11.5 Å². The lowest BCUT2D eigenvalue weighted by molar-refractivity contribution is -0.119. The van der Waals surface area contributed by atoms with Crippen molar-refractivity contribution in [3.63, 3.8) is 0 Å². The first kappa shape index (κ1) is 20.3. The molecule has 0 fully saturated rings. The average Bonchev–Trinajstić information content (AvgIpc) is 2.65. The first-order valence-electron chi connectivity index (χ1n) is 8.54. The van der Waals surface area contributed by atoms with Crippen LogP contribution in [0.1, 0.15) is 36.7 Å². The van der Waals surface area contributed by atoms with Crippen molar-refractivity contribution in [2.75, 3.05) is 26.1 Å². The van der Waals surface area contributed by atoms with Crippen molar-refractivity contribution in [3.05, 3.63) is 53.6 Å². The average molecular weight is 371 g/mol. The van der Waals surface area contributed by atoms with Crippen LogP contribution in [0.4, 0.5) is 5.69 Å². The molecule has 1 N–H and O–H groups in total. The van der Waals surface area contributed by atoms with Gasteiger partial charge in [-0.1, -0.05) is 32.9 Å². The van der Waals surface area contributed by atoms with Gasteiger partial charge in [0, 0.05) is 6.07 Å². The fourth-order valence-electron chi connectivity index (χ4n) is 2.42. The smallest absolute Gasteiger partial charge is 0.338 e. The number of carbonyl (C=O) groups excluding carboxylic acids is 2. The van der Waals surface area contributed by atoms with Crippen molar-refractivity contribution in [3.8, 4) is 11.5 Å². The molecule has 144 valence electrons. The van der Waals surface area contributed by atoms with Crippen molar-refractivity contribution in [1.82, 2.24) is 0 Å². The van der Waals surface area contributed by atoms with Gasteiger partial charge in [-0.05, 0) is 35.2 Å². The van der Waals surface area contributed by atoms with Crippen LogP contribution in [0.5, 0.6) is 11.5 Å². The Bertz CT molecular complexity index is 806. The Balaban J connectivity index is 1.96. The first-order chi connectivity index (χ1) is 12.7. The molecule has 0 heterocycles. The summed E-state index contributed by atoms with van der Waals surface area (Å²) in [6, 6.07) is 12.2. The maximum atomic E-state index is 12.1. The second kappa shape index (κ2) is 8.58.